The first-order valence-corrected chi connectivity index (χ1v) is 4.73. The van der Waals surface area contributed by atoms with Crippen LogP contribution in [-0.4, -0.2) is 0 Å². The third kappa shape index (κ3) is 5.06. The number of hydrogen-bond donors (Lipinski definition) is 0. The Morgan fingerprint density at radius 1 is 1.27 bits per heavy atom. The second-order valence-electron chi connectivity index (χ2n) is 3.88. The molecule has 0 aromatic heterocycles. The van der Waals surface area contributed by atoms with Crippen LogP contribution in [0.5, 0.6) is 0 Å². The van der Waals surface area contributed by atoms with Crippen LogP contribution in [0.2, 0.25) is 0 Å². The van der Waals surface area contributed by atoms with Crippen molar-refractivity contribution in [1.82, 2.24) is 0 Å². The highest BCUT2D eigenvalue weighted by Gasteiger charge is 2.06. The van der Waals surface area contributed by atoms with Crippen molar-refractivity contribution in [3.8, 4) is 0 Å². The molecule has 0 bridgehead atoms. The lowest BCUT2D eigenvalue weighted by Crippen LogP contribution is -2.03. The van der Waals surface area contributed by atoms with Gasteiger partial charge in [0.05, 0.1) is 0 Å². The smallest absolute Gasteiger partial charge is 0.0295 e. The summed E-state index contributed by atoms with van der Waals surface area (Å²) < 4.78 is 0. The maximum Gasteiger partial charge on any atom is -0.0295 e. The summed E-state index contributed by atoms with van der Waals surface area (Å²) in [6.45, 7) is 11.4. The molecular formula is C11H22. The van der Waals surface area contributed by atoms with Crippen LogP contribution in [0.25, 0.3) is 0 Å². The molecule has 0 aromatic carbocycles. The van der Waals surface area contributed by atoms with E-state index in [1.165, 1.54) is 12.8 Å². The molecule has 0 radical (unpaired) electrons. The molecule has 0 aliphatic carbocycles. The first-order valence-electron chi connectivity index (χ1n) is 4.73. The van der Waals surface area contributed by atoms with Gasteiger partial charge in [0, 0.05) is 0 Å². The molecule has 0 saturated carbocycles. The second-order valence-corrected chi connectivity index (χ2v) is 3.88. The summed E-state index contributed by atoms with van der Waals surface area (Å²) >= 11 is 0. The monoisotopic (exact) mass is 154 g/mol. The second kappa shape index (κ2) is 5.40. The molecule has 1 unspecified atom stereocenters. The standard InChI is InChI=1S/C11H22/c1-6-7-10(4)8-11(5)9(2)3/h7,9,11H,6,8H2,1-5H3. The average Bonchev–Trinajstić information content (AvgIpc) is 1.87. The topological polar surface area (TPSA) is 0 Å². The zero-order valence-corrected chi connectivity index (χ0v) is 8.65. The van der Waals surface area contributed by atoms with Crippen LogP contribution >= 0.6 is 0 Å². The van der Waals surface area contributed by atoms with Crippen molar-refractivity contribution in [1.29, 1.82) is 0 Å². The molecule has 0 spiro atoms. The van der Waals surface area contributed by atoms with Gasteiger partial charge in [-0.3, -0.25) is 0 Å². The van der Waals surface area contributed by atoms with E-state index < -0.39 is 0 Å². The summed E-state index contributed by atoms with van der Waals surface area (Å²) in [6, 6.07) is 0. The van der Waals surface area contributed by atoms with Crippen LogP contribution in [0.4, 0.5) is 0 Å². The largest absolute Gasteiger partial charge is 0.0859 e. The summed E-state index contributed by atoms with van der Waals surface area (Å²) in [5.74, 6) is 1.65. The fraction of sp³-hybridized carbons (Fsp3) is 0.818. The Kier molecular flexibility index (Phi) is 5.27. The summed E-state index contributed by atoms with van der Waals surface area (Å²) in [5, 5.41) is 0. The molecule has 0 aliphatic rings. The average molecular weight is 154 g/mol. The lowest BCUT2D eigenvalue weighted by molar-refractivity contribution is 0.416. The molecular weight excluding hydrogens is 132 g/mol. The highest BCUT2D eigenvalue weighted by Crippen LogP contribution is 2.18. The number of allylic oxidation sites excluding steroid dienone is 2. The van der Waals surface area contributed by atoms with Gasteiger partial charge in [-0.1, -0.05) is 39.3 Å². The van der Waals surface area contributed by atoms with Gasteiger partial charge in [0.2, 0.25) is 0 Å². The van der Waals surface area contributed by atoms with Crippen LogP contribution in [0.15, 0.2) is 11.6 Å². The molecule has 11 heavy (non-hydrogen) atoms. The summed E-state index contributed by atoms with van der Waals surface area (Å²) in [6.07, 6.45) is 4.78. The molecule has 0 rings (SSSR count). The molecule has 0 N–H and O–H groups in total. The maximum atomic E-state index is 2.33. The van der Waals surface area contributed by atoms with E-state index in [2.05, 4.69) is 40.7 Å². The van der Waals surface area contributed by atoms with E-state index >= 15 is 0 Å². The Bertz CT molecular complexity index is 120. The van der Waals surface area contributed by atoms with Crippen molar-refractivity contribution in [2.24, 2.45) is 11.8 Å². The van der Waals surface area contributed by atoms with Gasteiger partial charge >= 0.3 is 0 Å². The van der Waals surface area contributed by atoms with Gasteiger partial charge in [-0.2, -0.15) is 0 Å². The predicted octanol–water partition coefficient (Wildman–Crippen LogP) is 4.02. The van der Waals surface area contributed by atoms with Crippen molar-refractivity contribution < 1.29 is 0 Å². The first kappa shape index (κ1) is 10.7. The minimum atomic E-state index is 0.815. The molecule has 0 amide bonds. The van der Waals surface area contributed by atoms with Crippen LogP contribution < -0.4 is 0 Å². The zero-order chi connectivity index (χ0) is 8.85. The quantitative estimate of drug-likeness (QED) is 0.536. The van der Waals surface area contributed by atoms with E-state index in [-0.39, 0.29) is 0 Å². The zero-order valence-electron chi connectivity index (χ0n) is 8.65. The molecule has 0 aliphatic heterocycles. The molecule has 0 heteroatoms. The highest BCUT2D eigenvalue weighted by molar-refractivity contribution is 4.98. The lowest BCUT2D eigenvalue weighted by atomic mass is 9.91. The van der Waals surface area contributed by atoms with Crippen LogP contribution in [0.3, 0.4) is 0 Å². The van der Waals surface area contributed by atoms with Gasteiger partial charge in [-0.05, 0) is 31.6 Å². The molecule has 66 valence electrons. The van der Waals surface area contributed by atoms with E-state index in [1.54, 1.807) is 5.57 Å². The van der Waals surface area contributed by atoms with Crippen LogP contribution in [0.1, 0.15) is 47.5 Å². The fourth-order valence-corrected chi connectivity index (χ4v) is 1.18. The van der Waals surface area contributed by atoms with Crippen molar-refractivity contribution in [3.05, 3.63) is 11.6 Å². The number of hydrogen-bond acceptors (Lipinski definition) is 0. The highest BCUT2D eigenvalue weighted by atomic mass is 14.1. The molecule has 0 aromatic rings. The molecule has 0 heterocycles. The maximum absolute atomic E-state index is 2.33. The van der Waals surface area contributed by atoms with E-state index in [0.717, 1.165) is 11.8 Å². The fourth-order valence-electron chi connectivity index (χ4n) is 1.18. The Labute approximate surface area is 71.7 Å². The number of rotatable bonds is 4. The van der Waals surface area contributed by atoms with Crippen molar-refractivity contribution >= 4 is 0 Å². The van der Waals surface area contributed by atoms with Gasteiger partial charge in [0.15, 0.2) is 0 Å². The van der Waals surface area contributed by atoms with Crippen LogP contribution in [-0.2, 0) is 0 Å². The third-order valence-electron chi connectivity index (χ3n) is 2.33. The van der Waals surface area contributed by atoms with Gasteiger partial charge in [0.25, 0.3) is 0 Å². The van der Waals surface area contributed by atoms with Crippen molar-refractivity contribution in [3.63, 3.8) is 0 Å². The predicted molar refractivity (Wildman–Crippen MR) is 52.7 cm³/mol. The minimum Gasteiger partial charge on any atom is -0.0859 e. The lowest BCUT2D eigenvalue weighted by Gasteiger charge is -2.15. The summed E-state index contributed by atoms with van der Waals surface area (Å²) in [4.78, 5) is 0. The normalized spacial score (nSPS) is 15.6. The minimum absolute atomic E-state index is 0.815. The SMILES string of the molecule is CCC=C(C)CC(C)C(C)C. The summed E-state index contributed by atoms with van der Waals surface area (Å²) in [7, 11) is 0. The Morgan fingerprint density at radius 3 is 2.18 bits per heavy atom. The Balaban J connectivity index is 3.75. The molecule has 0 nitrogen and oxygen atoms in total. The summed E-state index contributed by atoms with van der Waals surface area (Å²) in [5.41, 5.74) is 1.55. The Hall–Kier alpha value is -0.260. The van der Waals surface area contributed by atoms with Gasteiger partial charge in [-0.15, -0.1) is 0 Å². The third-order valence-corrected chi connectivity index (χ3v) is 2.33. The van der Waals surface area contributed by atoms with Gasteiger partial charge in [0.1, 0.15) is 0 Å². The molecule has 0 fully saturated rings. The van der Waals surface area contributed by atoms with Crippen molar-refractivity contribution in [2.75, 3.05) is 0 Å². The van der Waals surface area contributed by atoms with Crippen molar-refractivity contribution in [2.45, 2.75) is 47.5 Å². The first-order chi connectivity index (χ1) is 5.07. The van der Waals surface area contributed by atoms with Crippen LogP contribution in [0, 0.1) is 11.8 Å². The van der Waals surface area contributed by atoms with E-state index in [0.29, 0.717) is 0 Å². The van der Waals surface area contributed by atoms with Gasteiger partial charge < -0.3 is 0 Å². The van der Waals surface area contributed by atoms with E-state index in [9.17, 15) is 0 Å². The molecule has 1 atom stereocenters. The molecule has 0 saturated heterocycles. The van der Waals surface area contributed by atoms with E-state index in [4.69, 9.17) is 0 Å². The Morgan fingerprint density at radius 2 is 1.82 bits per heavy atom. The van der Waals surface area contributed by atoms with E-state index in [1.807, 2.05) is 0 Å². The van der Waals surface area contributed by atoms with Gasteiger partial charge in [-0.25, -0.2) is 0 Å².